The lowest BCUT2D eigenvalue weighted by molar-refractivity contribution is 0.00578. The summed E-state index contributed by atoms with van der Waals surface area (Å²) in [5.74, 6) is -0.463. The minimum Gasteiger partial charge on any atom is -0.399 e. The average molecular weight is 276 g/mol. The number of hydrogen-bond acceptors (Lipinski definition) is 4. The average Bonchev–Trinajstić information content (AvgIpc) is 2.57. The van der Waals surface area contributed by atoms with Crippen molar-refractivity contribution in [1.29, 1.82) is 0 Å². The van der Waals surface area contributed by atoms with Crippen molar-refractivity contribution >= 4 is 24.2 Å². The van der Waals surface area contributed by atoms with Crippen molar-refractivity contribution < 1.29 is 14.1 Å². The third kappa shape index (κ3) is 2.41. The Balaban J connectivity index is 2.34. The molecule has 2 rings (SSSR count). The molecule has 20 heavy (non-hydrogen) atoms. The van der Waals surface area contributed by atoms with Crippen LogP contribution in [-0.2, 0) is 9.31 Å². The van der Waals surface area contributed by atoms with E-state index in [1.54, 1.807) is 13.1 Å². The molecule has 0 atom stereocenters. The van der Waals surface area contributed by atoms with Gasteiger partial charge in [-0.15, -0.1) is 0 Å². The van der Waals surface area contributed by atoms with Gasteiger partial charge in [0.05, 0.1) is 16.8 Å². The maximum Gasteiger partial charge on any atom is 0.494 e. The second kappa shape index (κ2) is 4.79. The standard InChI is InChI=1S/C14H21BN2O3/c1-13(2)14(3,4)20-15(19-13)9-6-7-10(12(16)18)11(8-9)17-5/h6-8,17H,1-5H3,(H2,16,18). The smallest absolute Gasteiger partial charge is 0.399 e. The highest BCUT2D eigenvalue weighted by Crippen LogP contribution is 2.36. The molecule has 3 N–H and O–H groups in total. The highest BCUT2D eigenvalue weighted by atomic mass is 16.7. The van der Waals surface area contributed by atoms with Crippen LogP contribution in [0.25, 0.3) is 0 Å². The molecule has 0 saturated carbocycles. The molecule has 1 amide bonds. The molecule has 1 aromatic rings. The van der Waals surface area contributed by atoms with Gasteiger partial charge >= 0.3 is 7.12 Å². The Morgan fingerprint density at radius 2 is 1.75 bits per heavy atom. The van der Waals surface area contributed by atoms with Gasteiger partial charge in [0.2, 0.25) is 0 Å². The number of benzene rings is 1. The van der Waals surface area contributed by atoms with E-state index in [1.165, 1.54) is 0 Å². The number of primary amides is 1. The number of carbonyl (C=O) groups is 1. The summed E-state index contributed by atoms with van der Waals surface area (Å²) >= 11 is 0. The Morgan fingerprint density at radius 1 is 1.20 bits per heavy atom. The van der Waals surface area contributed by atoms with Crippen molar-refractivity contribution in [2.24, 2.45) is 5.73 Å². The number of hydrogen-bond donors (Lipinski definition) is 2. The van der Waals surface area contributed by atoms with Gasteiger partial charge in [0.15, 0.2) is 0 Å². The molecule has 1 aromatic carbocycles. The molecule has 1 heterocycles. The molecule has 108 valence electrons. The minimum atomic E-state index is -0.463. The van der Waals surface area contributed by atoms with E-state index in [2.05, 4.69) is 5.32 Å². The van der Waals surface area contributed by atoms with Gasteiger partial charge < -0.3 is 20.4 Å². The van der Waals surface area contributed by atoms with E-state index in [0.29, 0.717) is 11.3 Å². The Bertz CT molecular complexity index is 527. The molecule has 1 fully saturated rings. The van der Waals surface area contributed by atoms with Gasteiger partial charge in [-0.25, -0.2) is 0 Å². The van der Waals surface area contributed by atoms with Crippen LogP contribution in [0.4, 0.5) is 5.69 Å². The largest absolute Gasteiger partial charge is 0.494 e. The van der Waals surface area contributed by atoms with Crippen LogP contribution in [0.3, 0.4) is 0 Å². The van der Waals surface area contributed by atoms with Gasteiger partial charge in [-0.1, -0.05) is 6.07 Å². The molecular weight excluding hydrogens is 255 g/mol. The van der Waals surface area contributed by atoms with Gasteiger partial charge in [0, 0.05) is 12.7 Å². The summed E-state index contributed by atoms with van der Waals surface area (Å²) in [7, 11) is 1.30. The topological polar surface area (TPSA) is 73.6 Å². The third-order valence-electron chi connectivity index (χ3n) is 4.10. The number of carbonyl (C=O) groups excluding carboxylic acids is 1. The van der Waals surface area contributed by atoms with Crippen molar-refractivity contribution in [3.63, 3.8) is 0 Å². The molecule has 1 saturated heterocycles. The lowest BCUT2D eigenvalue weighted by atomic mass is 9.78. The van der Waals surface area contributed by atoms with E-state index in [9.17, 15) is 4.79 Å². The molecule has 0 aromatic heterocycles. The molecule has 6 heteroatoms. The van der Waals surface area contributed by atoms with Gasteiger partial charge in [-0.2, -0.15) is 0 Å². The maximum atomic E-state index is 11.3. The van der Waals surface area contributed by atoms with Crippen molar-refractivity contribution in [3.05, 3.63) is 23.8 Å². The Hall–Kier alpha value is -1.53. The fourth-order valence-electron chi connectivity index (χ4n) is 2.11. The lowest BCUT2D eigenvalue weighted by Crippen LogP contribution is -2.41. The van der Waals surface area contributed by atoms with Crippen LogP contribution in [0.2, 0.25) is 0 Å². The van der Waals surface area contributed by atoms with Gasteiger partial charge in [0.25, 0.3) is 5.91 Å². The second-order valence-electron chi connectivity index (χ2n) is 6.01. The zero-order chi connectivity index (χ0) is 15.1. The number of nitrogens with one attached hydrogen (secondary N) is 1. The third-order valence-corrected chi connectivity index (χ3v) is 4.10. The van der Waals surface area contributed by atoms with E-state index in [-0.39, 0.29) is 11.2 Å². The predicted molar refractivity (Wildman–Crippen MR) is 80.2 cm³/mol. The quantitative estimate of drug-likeness (QED) is 0.811. The number of amides is 1. The molecular formula is C14H21BN2O3. The number of anilines is 1. The van der Waals surface area contributed by atoms with Crippen molar-refractivity contribution in [3.8, 4) is 0 Å². The zero-order valence-corrected chi connectivity index (χ0v) is 12.6. The molecule has 0 unspecified atom stereocenters. The monoisotopic (exact) mass is 276 g/mol. The van der Waals surface area contributed by atoms with Gasteiger partial charge in [-0.3, -0.25) is 4.79 Å². The van der Waals surface area contributed by atoms with Crippen LogP contribution in [-0.4, -0.2) is 31.3 Å². The summed E-state index contributed by atoms with van der Waals surface area (Å²) in [4.78, 5) is 11.3. The maximum absolute atomic E-state index is 11.3. The van der Waals surface area contributed by atoms with Crippen molar-refractivity contribution in [2.75, 3.05) is 12.4 Å². The lowest BCUT2D eigenvalue weighted by Gasteiger charge is -2.32. The van der Waals surface area contributed by atoms with Crippen LogP contribution in [0.1, 0.15) is 38.1 Å². The highest BCUT2D eigenvalue weighted by molar-refractivity contribution is 6.62. The minimum absolute atomic E-state index is 0.389. The summed E-state index contributed by atoms with van der Waals surface area (Å²) in [6, 6.07) is 5.33. The Morgan fingerprint density at radius 3 is 2.20 bits per heavy atom. The summed E-state index contributed by atoms with van der Waals surface area (Å²) in [5.41, 5.74) is 6.54. The fourth-order valence-corrected chi connectivity index (χ4v) is 2.11. The van der Waals surface area contributed by atoms with E-state index in [4.69, 9.17) is 15.0 Å². The zero-order valence-electron chi connectivity index (χ0n) is 12.6. The van der Waals surface area contributed by atoms with Crippen molar-refractivity contribution in [2.45, 2.75) is 38.9 Å². The first-order chi connectivity index (χ1) is 9.18. The van der Waals surface area contributed by atoms with Crippen LogP contribution in [0.15, 0.2) is 18.2 Å². The summed E-state index contributed by atoms with van der Waals surface area (Å²) in [6.07, 6.45) is 0. The molecule has 1 aliphatic heterocycles. The normalized spacial score (nSPS) is 19.9. The number of nitrogens with two attached hydrogens (primary N) is 1. The second-order valence-corrected chi connectivity index (χ2v) is 6.01. The van der Waals surface area contributed by atoms with Gasteiger partial charge in [-0.05, 0) is 45.3 Å². The van der Waals surface area contributed by atoms with Crippen molar-refractivity contribution in [1.82, 2.24) is 0 Å². The van der Waals surface area contributed by atoms with E-state index < -0.39 is 13.0 Å². The summed E-state index contributed by atoms with van der Waals surface area (Å²) in [6.45, 7) is 8.01. The first-order valence-electron chi connectivity index (χ1n) is 6.65. The van der Waals surface area contributed by atoms with Crippen LogP contribution < -0.4 is 16.5 Å². The summed E-state index contributed by atoms with van der Waals surface area (Å²) in [5, 5.41) is 2.97. The first kappa shape index (κ1) is 14.9. The molecule has 5 nitrogen and oxygen atoms in total. The summed E-state index contributed by atoms with van der Waals surface area (Å²) < 4.78 is 12.0. The fraction of sp³-hybridized carbons (Fsp3) is 0.500. The van der Waals surface area contributed by atoms with E-state index in [0.717, 1.165) is 5.46 Å². The highest BCUT2D eigenvalue weighted by Gasteiger charge is 2.51. The molecule has 1 aliphatic rings. The van der Waals surface area contributed by atoms with Crippen LogP contribution in [0.5, 0.6) is 0 Å². The van der Waals surface area contributed by atoms with E-state index in [1.807, 2.05) is 39.8 Å². The predicted octanol–water partition coefficient (Wildman–Crippen LogP) is 1.13. The Kier molecular flexibility index (Phi) is 3.56. The van der Waals surface area contributed by atoms with Crippen LogP contribution in [0, 0.1) is 0 Å². The molecule has 0 radical (unpaired) electrons. The van der Waals surface area contributed by atoms with Crippen LogP contribution >= 0.6 is 0 Å². The number of rotatable bonds is 3. The molecule has 0 bridgehead atoms. The van der Waals surface area contributed by atoms with E-state index >= 15 is 0 Å². The SMILES string of the molecule is CNc1cc(B2OC(C)(C)C(C)(C)O2)ccc1C(N)=O. The molecule has 0 aliphatic carbocycles. The molecule has 0 spiro atoms. The Labute approximate surface area is 120 Å². The first-order valence-corrected chi connectivity index (χ1v) is 6.65. The van der Waals surface area contributed by atoms with Gasteiger partial charge in [0.1, 0.15) is 0 Å².